The molecule has 1 aliphatic rings. The van der Waals surface area contributed by atoms with E-state index < -0.39 is 0 Å². The van der Waals surface area contributed by atoms with Crippen LogP contribution in [0.25, 0.3) is 10.9 Å². The topological polar surface area (TPSA) is 27.8 Å². The second kappa shape index (κ2) is 5.82. The predicted molar refractivity (Wildman–Crippen MR) is 91.9 cm³/mol. The van der Waals surface area contributed by atoms with Gasteiger partial charge in [-0.25, -0.2) is 4.39 Å². The van der Waals surface area contributed by atoms with Gasteiger partial charge in [0.05, 0.1) is 0 Å². The van der Waals surface area contributed by atoms with E-state index in [1.54, 1.807) is 12.1 Å². The van der Waals surface area contributed by atoms with Crippen LogP contribution in [0.5, 0.6) is 0 Å². The number of benzene rings is 2. The molecule has 2 aromatic carbocycles. The quantitative estimate of drug-likeness (QED) is 0.712. The Balaban J connectivity index is 1.50. The number of aromatic amines is 1. The molecule has 0 saturated heterocycles. The Bertz CT molecular complexity index is 817. The summed E-state index contributed by atoms with van der Waals surface area (Å²) in [6.07, 6.45) is 5.29. The van der Waals surface area contributed by atoms with Crippen LogP contribution in [0.3, 0.4) is 0 Å². The zero-order valence-corrected chi connectivity index (χ0v) is 13.1. The number of nitrogens with one attached hydrogen (secondary N) is 2. The average molecular weight is 308 g/mol. The van der Waals surface area contributed by atoms with Crippen molar-refractivity contribution in [1.29, 1.82) is 0 Å². The molecule has 3 heteroatoms. The third-order valence-electron chi connectivity index (χ3n) is 5.22. The molecule has 0 amide bonds. The van der Waals surface area contributed by atoms with Crippen molar-refractivity contribution in [2.45, 2.75) is 31.2 Å². The van der Waals surface area contributed by atoms with Gasteiger partial charge in [0.25, 0.3) is 0 Å². The number of hydrogen-bond donors (Lipinski definition) is 2. The molecule has 3 aromatic rings. The maximum atomic E-state index is 14.2. The highest BCUT2D eigenvalue weighted by molar-refractivity contribution is 5.82. The monoisotopic (exact) mass is 308 g/mol. The molecule has 118 valence electrons. The minimum atomic E-state index is -0.0678. The molecule has 0 atom stereocenters. The van der Waals surface area contributed by atoms with Crippen LogP contribution in [0.2, 0.25) is 0 Å². The minimum absolute atomic E-state index is 0.0304. The van der Waals surface area contributed by atoms with E-state index in [0.717, 1.165) is 37.0 Å². The van der Waals surface area contributed by atoms with Crippen molar-refractivity contribution in [1.82, 2.24) is 10.3 Å². The Kier molecular flexibility index (Phi) is 3.66. The van der Waals surface area contributed by atoms with Gasteiger partial charge in [0.1, 0.15) is 5.82 Å². The number of fused-ring (bicyclic) bond motifs is 1. The fourth-order valence-electron chi connectivity index (χ4n) is 3.78. The fraction of sp³-hybridized carbons (Fsp3) is 0.300. The van der Waals surface area contributed by atoms with Gasteiger partial charge in [-0.15, -0.1) is 0 Å². The maximum Gasteiger partial charge on any atom is 0.127 e. The Labute approximate surface area is 135 Å². The summed E-state index contributed by atoms with van der Waals surface area (Å²) in [7, 11) is 0. The molecular formula is C20H21FN2. The van der Waals surface area contributed by atoms with Crippen molar-refractivity contribution in [3.63, 3.8) is 0 Å². The molecule has 23 heavy (non-hydrogen) atoms. The largest absolute Gasteiger partial charge is 0.361 e. The van der Waals surface area contributed by atoms with Gasteiger partial charge in [-0.05, 0) is 42.2 Å². The van der Waals surface area contributed by atoms with Gasteiger partial charge in [0.15, 0.2) is 0 Å². The van der Waals surface area contributed by atoms with E-state index in [0.29, 0.717) is 0 Å². The van der Waals surface area contributed by atoms with E-state index in [-0.39, 0.29) is 11.2 Å². The number of halogens is 1. The third kappa shape index (κ3) is 2.55. The summed E-state index contributed by atoms with van der Waals surface area (Å²) in [4.78, 5) is 3.24. The number of hydrogen-bond acceptors (Lipinski definition) is 1. The molecule has 1 fully saturated rings. The van der Waals surface area contributed by atoms with E-state index in [2.05, 4.69) is 34.6 Å². The van der Waals surface area contributed by atoms with Gasteiger partial charge in [0, 0.05) is 35.6 Å². The Hall–Kier alpha value is -2.13. The predicted octanol–water partition coefficient (Wildman–Crippen LogP) is 4.52. The first-order valence-electron chi connectivity index (χ1n) is 8.29. The SMILES string of the molecule is Fc1ccccc1C1(CNCc2cccc3[nH]ccc23)CCC1. The molecule has 1 saturated carbocycles. The van der Waals surface area contributed by atoms with E-state index in [9.17, 15) is 4.39 Å². The lowest BCUT2D eigenvalue weighted by atomic mass is 9.64. The lowest BCUT2D eigenvalue weighted by molar-refractivity contribution is 0.226. The molecule has 0 bridgehead atoms. The zero-order chi connectivity index (χ0) is 15.7. The standard InChI is InChI=1S/C20H21FN2/c21-18-7-2-1-6-17(18)20(10-4-11-20)14-22-13-15-5-3-8-19-16(15)9-12-23-19/h1-3,5-9,12,22-23H,4,10-11,13-14H2. The highest BCUT2D eigenvalue weighted by atomic mass is 19.1. The molecule has 4 rings (SSSR count). The van der Waals surface area contributed by atoms with Gasteiger partial charge < -0.3 is 10.3 Å². The summed E-state index contributed by atoms with van der Waals surface area (Å²) in [6, 6.07) is 15.7. The number of H-pyrrole nitrogens is 1. The van der Waals surface area contributed by atoms with Crippen molar-refractivity contribution in [3.8, 4) is 0 Å². The van der Waals surface area contributed by atoms with E-state index in [4.69, 9.17) is 0 Å². The molecule has 0 radical (unpaired) electrons. The second-order valence-electron chi connectivity index (χ2n) is 6.57. The van der Waals surface area contributed by atoms with E-state index >= 15 is 0 Å². The second-order valence-corrected chi connectivity index (χ2v) is 6.57. The molecule has 1 heterocycles. The van der Waals surface area contributed by atoms with Gasteiger partial charge >= 0.3 is 0 Å². The Morgan fingerprint density at radius 1 is 1.04 bits per heavy atom. The first kappa shape index (κ1) is 14.5. The highest BCUT2D eigenvalue weighted by Crippen LogP contribution is 2.44. The van der Waals surface area contributed by atoms with Crippen LogP contribution in [-0.4, -0.2) is 11.5 Å². The smallest absolute Gasteiger partial charge is 0.127 e. The Morgan fingerprint density at radius 3 is 2.70 bits per heavy atom. The first-order chi connectivity index (χ1) is 11.3. The van der Waals surface area contributed by atoms with Crippen molar-refractivity contribution in [2.75, 3.05) is 6.54 Å². The lowest BCUT2D eigenvalue weighted by Gasteiger charge is -2.43. The van der Waals surface area contributed by atoms with Gasteiger partial charge in [-0.1, -0.05) is 36.8 Å². The van der Waals surface area contributed by atoms with Crippen LogP contribution in [0, 0.1) is 5.82 Å². The van der Waals surface area contributed by atoms with Crippen LogP contribution in [-0.2, 0) is 12.0 Å². The number of rotatable bonds is 5. The summed E-state index contributed by atoms with van der Waals surface area (Å²) in [5.74, 6) is -0.0678. The summed E-state index contributed by atoms with van der Waals surface area (Å²) in [5, 5.41) is 4.83. The molecule has 1 aliphatic carbocycles. The van der Waals surface area contributed by atoms with Gasteiger partial charge in [-0.2, -0.15) is 0 Å². The van der Waals surface area contributed by atoms with Crippen LogP contribution in [0.1, 0.15) is 30.4 Å². The van der Waals surface area contributed by atoms with Crippen LogP contribution >= 0.6 is 0 Å². The molecule has 0 unspecified atom stereocenters. The summed E-state index contributed by atoms with van der Waals surface area (Å²) in [5.41, 5.74) is 3.29. The van der Waals surface area contributed by atoms with Crippen molar-refractivity contribution >= 4 is 10.9 Å². The summed E-state index contributed by atoms with van der Waals surface area (Å²) in [6.45, 7) is 1.64. The third-order valence-corrected chi connectivity index (χ3v) is 5.22. The van der Waals surface area contributed by atoms with Crippen LogP contribution in [0.15, 0.2) is 54.7 Å². The maximum absolute atomic E-state index is 14.2. The van der Waals surface area contributed by atoms with Gasteiger partial charge in [0.2, 0.25) is 0 Å². The molecule has 0 spiro atoms. The minimum Gasteiger partial charge on any atom is -0.361 e. The molecule has 2 N–H and O–H groups in total. The fourth-order valence-corrected chi connectivity index (χ4v) is 3.78. The van der Waals surface area contributed by atoms with Crippen molar-refractivity contribution < 1.29 is 4.39 Å². The molecule has 2 nitrogen and oxygen atoms in total. The highest BCUT2D eigenvalue weighted by Gasteiger charge is 2.39. The zero-order valence-electron chi connectivity index (χ0n) is 13.1. The molecular weight excluding hydrogens is 287 g/mol. The first-order valence-corrected chi connectivity index (χ1v) is 8.29. The van der Waals surface area contributed by atoms with Gasteiger partial charge in [-0.3, -0.25) is 0 Å². The summed E-state index contributed by atoms with van der Waals surface area (Å²) < 4.78 is 14.2. The average Bonchev–Trinajstić information content (AvgIpc) is 3.00. The van der Waals surface area contributed by atoms with Crippen molar-refractivity contribution in [2.24, 2.45) is 0 Å². The van der Waals surface area contributed by atoms with E-state index in [1.165, 1.54) is 17.4 Å². The van der Waals surface area contributed by atoms with Crippen LogP contribution in [0.4, 0.5) is 4.39 Å². The lowest BCUT2D eigenvalue weighted by Crippen LogP contribution is -2.44. The normalized spacial score (nSPS) is 16.4. The van der Waals surface area contributed by atoms with Crippen molar-refractivity contribution in [3.05, 3.63) is 71.7 Å². The molecule has 1 aromatic heterocycles. The van der Waals surface area contributed by atoms with E-state index in [1.807, 2.05) is 18.3 Å². The Morgan fingerprint density at radius 2 is 1.91 bits per heavy atom. The summed E-state index contributed by atoms with van der Waals surface area (Å²) >= 11 is 0. The number of aromatic nitrogens is 1. The molecule has 0 aliphatic heterocycles. The van der Waals surface area contributed by atoms with Crippen LogP contribution < -0.4 is 5.32 Å².